The van der Waals surface area contributed by atoms with E-state index in [-0.39, 0.29) is 6.61 Å². The van der Waals surface area contributed by atoms with Crippen LogP contribution in [0.25, 0.3) is 0 Å². The highest BCUT2D eigenvalue weighted by Crippen LogP contribution is 2.30. The van der Waals surface area contributed by atoms with Gasteiger partial charge in [0.2, 0.25) is 0 Å². The molecule has 0 radical (unpaired) electrons. The Hall–Kier alpha value is -1.12. The van der Waals surface area contributed by atoms with Crippen molar-refractivity contribution in [1.29, 1.82) is 0 Å². The average Bonchev–Trinajstić information content (AvgIpc) is 2.69. The van der Waals surface area contributed by atoms with Crippen molar-refractivity contribution in [3.8, 4) is 0 Å². The van der Waals surface area contributed by atoms with Gasteiger partial charge in [-0.25, -0.2) is 0 Å². The van der Waals surface area contributed by atoms with Gasteiger partial charge in [0.05, 0.1) is 13.2 Å². The normalized spacial score (nSPS) is 26.5. The highest BCUT2D eigenvalue weighted by Gasteiger charge is 2.31. The zero-order valence-electron chi connectivity index (χ0n) is 7.31. The fourth-order valence-electron chi connectivity index (χ4n) is 1.57. The van der Waals surface area contributed by atoms with Crippen LogP contribution in [0, 0.1) is 0 Å². The average molecular weight is 176 g/mol. The molecule has 0 aromatic heterocycles. The number of hydrogen-bond donors (Lipinski definition) is 1. The second kappa shape index (κ2) is 3.32. The van der Waals surface area contributed by atoms with Crippen molar-refractivity contribution < 1.29 is 9.84 Å². The molecule has 1 heterocycles. The Morgan fingerprint density at radius 2 is 2.08 bits per heavy atom. The number of aliphatic hydroxyl groups is 1. The Morgan fingerprint density at radius 1 is 1.31 bits per heavy atom. The lowest BCUT2D eigenvalue weighted by Crippen LogP contribution is -2.28. The maximum atomic E-state index is 9.29. The minimum atomic E-state index is -0.596. The van der Waals surface area contributed by atoms with Crippen molar-refractivity contribution in [1.82, 2.24) is 0 Å². The van der Waals surface area contributed by atoms with Crippen molar-refractivity contribution in [2.45, 2.75) is 5.60 Å². The Kier molecular flexibility index (Phi) is 2.17. The van der Waals surface area contributed by atoms with E-state index in [4.69, 9.17) is 4.74 Å². The van der Waals surface area contributed by atoms with Crippen LogP contribution < -0.4 is 0 Å². The SMILES string of the molecule is OC[C@@]1(c2ccccc2)C=CCO1. The number of rotatable bonds is 2. The molecule has 13 heavy (non-hydrogen) atoms. The molecule has 1 aromatic rings. The number of aliphatic hydroxyl groups excluding tert-OH is 1. The van der Waals surface area contributed by atoms with Gasteiger partial charge in [0.1, 0.15) is 5.60 Å². The van der Waals surface area contributed by atoms with Crippen molar-refractivity contribution in [2.75, 3.05) is 13.2 Å². The van der Waals surface area contributed by atoms with Gasteiger partial charge in [0, 0.05) is 0 Å². The van der Waals surface area contributed by atoms with E-state index in [1.54, 1.807) is 0 Å². The van der Waals surface area contributed by atoms with Gasteiger partial charge >= 0.3 is 0 Å². The van der Waals surface area contributed by atoms with Crippen LogP contribution in [0.3, 0.4) is 0 Å². The van der Waals surface area contributed by atoms with Crippen molar-refractivity contribution in [3.05, 3.63) is 48.0 Å². The molecular weight excluding hydrogens is 164 g/mol. The minimum Gasteiger partial charge on any atom is -0.393 e. The molecule has 2 rings (SSSR count). The molecule has 0 saturated carbocycles. The molecule has 1 aliphatic heterocycles. The first-order valence-corrected chi connectivity index (χ1v) is 4.35. The van der Waals surface area contributed by atoms with E-state index in [2.05, 4.69) is 0 Å². The molecule has 0 unspecified atom stereocenters. The zero-order valence-corrected chi connectivity index (χ0v) is 7.31. The van der Waals surface area contributed by atoms with Gasteiger partial charge in [-0.3, -0.25) is 0 Å². The van der Waals surface area contributed by atoms with Crippen LogP contribution in [0.4, 0.5) is 0 Å². The fourth-order valence-corrected chi connectivity index (χ4v) is 1.57. The predicted molar refractivity (Wildman–Crippen MR) is 50.3 cm³/mol. The van der Waals surface area contributed by atoms with Gasteiger partial charge in [-0.1, -0.05) is 36.4 Å². The number of benzene rings is 1. The van der Waals surface area contributed by atoms with E-state index in [0.29, 0.717) is 6.61 Å². The maximum absolute atomic E-state index is 9.29. The number of hydrogen-bond acceptors (Lipinski definition) is 2. The molecule has 68 valence electrons. The Bertz CT molecular complexity index is 305. The molecule has 2 heteroatoms. The van der Waals surface area contributed by atoms with Crippen molar-refractivity contribution >= 4 is 0 Å². The van der Waals surface area contributed by atoms with Crippen molar-refractivity contribution in [3.63, 3.8) is 0 Å². The summed E-state index contributed by atoms with van der Waals surface area (Å²) in [6, 6.07) is 9.77. The zero-order chi connectivity index (χ0) is 9.15. The van der Waals surface area contributed by atoms with Crippen molar-refractivity contribution in [2.24, 2.45) is 0 Å². The van der Waals surface area contributed by atoms with Gasteiger partial charge < -0.3 is 9.84 Å². The minimum absolute atomic E-state index is 0.00644. The van der Waals surface area contributed by atoms with E-state index >= 15 is 0 Å². The van der Waals surface area contributed by atoms with E-state index < -0.39 is 5.60 Å². The van der Waals surface area contributed by atoms with Crippen LogP contribution in [-0.4, -0.2) is 18.3 Å². The van der Waals surface area contributed by atoms with E-state index in [0.717, 1.165) is 5.56 Å². The maximum Gasteiger partial charge on any atom is 0.135 e. The third kappa shape index (κ3) is 1.39. The molecule has 1 atom stereocenters. The van der Waals surface area contributed by atoms with Gasteiger partial charge in [-0.2, -0.15) is 0 Å². The Balaban J connectivity index is 2.37. The molecule has 0 aliphatic carbocycles. The summed E-state index contributed by atoms with van der Waals surface area (Å²) in [4.78, 5) is 0. The lowest BCUT2D eigenvalue weighted by Gasteiger charge is -2.24. The highest BCUT2D eigenvalue weighted by atomic mass is 16.5. The molecule has 1 N–H and O–H groups in total. The summed E-state index contributed by atoms with van der Waals surface area (Å²) in [5, 5.41) is 9.29. The lowest BCUT2D eigenvalue weighted by molar-refractivity contribution is -0.0216. The van der Waals surface area contributed by atoms with Crippen LogP contribution in [-0.2, 0) is 10.3 Å². The summed E-state index contributed by atoms with van der Waals surface area (Å²) in [6.45, 7) is 0.572. The lowest BCUT2D eigenvalue weighted by atomic mass is 9.95. The topological polar surface area (TPSA) is 29.5 Å². The number of ether oxygens (including phenoxy) is 1. The van der Waals surface area contributed by atoms with E-state index in [1.165, 1.54) is 0 Å². The molecule has 0 bridgehead atoms. The van der Waals surface area contributed by atoms with Crippen LogP contribution in [0.1, 0.15) is 5.56 Å². The van der Waals surface area contributed by atoms with E-state index in [9.17, 15) is 5.11 Å². The highest BCUT2D eigenvalue weighted by molar-refractivity contribution is 5.29. The van der Waals surface area contributed by atoms with Crippen LogP contribution in [0.15, 0.2) is 42.5 Å². The fraction of sp³-hybridized carbons (Fsp3) is 0.273. The molecule has 0 spiro atoms. The summed E-state index contributed by atoms with van der Waals surface area (Å²) in [5.41, 5.74) is 0.410. The summed E-state index contributed by atoms with van der Waals surface area (Å²) in [7, 11) is 0. The van der Waals surface area contributed by atoms with Crippen LogP contribution in [0.2, 0.25) is 0 Å². The van der Waals surface area contributed by atoms with Gasteiger partial charge in [0.25, 0.3) is 0 Å². The van der Waals surface area contributed by atoms with E-state index in [1.807, 2.05) is 42.5 Å². The van der Waals surface area contributed by atoms with Crippen LogP contribution >= 0.6 is 0 Å². The summed E-state index contributed by atoms with van der Waals surface area (Å²) in [5.74, 6) is 0. The first-order chi connectivity index (χ1) is 6.37. The largest absolute Gasteiger partial charge is 0.393 e. The summed E-state index contributed by atoms with van der Waals surface area (Å²) < 4.78 is 5.51. The summed E-state index contributed by atoms with van der Waals surface area (Å²) >= 11 is 0. The second-order valence-corrected chi connectivity index (χ2v) is 3.13. The monoisotopic (exact) mass is 176 g/mol. The molecule has 0 saturated heterocycles. The Morgan fingerprint density at radius 3 is 2.62 bits per heavy atom. The molecule has 2 nitrogen and oxygen atoms in total. The van der Waals surface area contributed by atoms with Gasteiger partial charge in [-0.05, 0) is 11.6 Å². The molecule has 1 aromatic carbocycles. The van der Waals surface area contributed by atoms with Gasteiger partial charge in [0.15, 0.2) is 0 Å². The predicted octanol–water partition coefficient (Wildman–Crippen LogP) is 1.46. The second-order valence-electron chi connectivity index (χ2n) is 3.13. The smallest absolute Gasteiger partial charge is 0.135 e. The molecule has 0 amide bonds. The first kappa shape index (κ1) is 8.48. The van der Waals surface area contributed by atoms with Crippen LogP contribution in [0.5, 0.6) is 0 Å². The summed E-state index contributed by atoms with van der Waals surface area (Å²) in [6.07, 6.45) is 3.85. The third-order valence-electron chi connectivity index (χ3n) is 2.32. The Labute approximate surface area is 77.5 Å². The molecule has 1 aliphatic rings. The molecular formula is C11H12O2. The van der Waals surface area contributed by atoms with Gasteiger partial charge in [-0.15, -0.1) is 0 Å². The molecule has 0 fully saturated rings. The quantitative estimate of drug-likeness (QED) is 0.691. The first-order valence-electron chi connectivity index (χ1n) is 4.35. The third-order valence-corrected chi connectivity index (χ3v) is 2.32. The standard InChI is InChI=1S/C11H12O2/c12-9-11(7-4-8-13-11)10-5-2-1-3-6-10/h1-7,12H,8-9H2/t11-/m1/s1.